The Morgan fingerprint density at radius 2 is 1.58 bits per heavy atom. The van der Waals surface area contributed by atoms with Crippen LogP contribution in [0.2, 0.25) is 5.02 Å². The molecule has 0 atom stereocenters. The van der Waals surface area contributed by atoms with E-state index in [2.05, 4.69) is 10.0 Å². The monoisotopic (exact) mass is 460 g/mol. The van der Waals surface area contributed by atoms with Gasteiger partial charge in [0.15, 0.2) is 11.5 Å². The van der Waals surface area contributed by atoms with E-state index in [9.17, 15) is 13.2 Å². The molecule has 162 valence electrons. The van der Waals surface area contributed by atoms with Crippen LogP contribution in [0.15, 0.2) is 66.7 Å². The molecule has 0 aliphatic heterocycles. The summed E-state index contributed by atoms with van der Waals surface area (Å²) in [7, 11) is -1.86. The van der Waals surface area contributed by atoms with Crippen molar-refractivity contribution in [3.8, 4) is 11.5 Å². The number of hydrogen-bond acceptors (Lipinski definition) is 5. The molecule has 0 saturated carbocycles. The van der Waals surface area contributed by atoms with Crippen LogP contribution in [-0.4, -0.2) is 27.7 Å². The van der Waals surface area contributed by atoms with Crippen molar-refractivity contribution in [1.29, 1.82) is 0 Å². The van der Waals surface area contributed by atoms with Gasteiger partial charge in [0, 0.05) is 22.0 Å². The lowest BCUT2D eigenvalue weighted by Gasteiger charge is -2.13. The SMILES string of the molecule is COc1cc(C(=O)Nc2ccc(NS(C)(=O)=O)cc2)ccc1OCc1ccc(Cl)cc1. The highest BCUT2D eigenvalue weighted by atomic mass is 35.5. The van der Waals surface area contributed by atoms with Gasteiger partial charge in [0.1, 0.15) is 6.61 Å². The summed E-state index contributed by atoms with van der Waals surface area (Å²) in [6.45, 7) is 0.326. The zero-order chi connectivity index (χ0) is 22.4. The van der Waals surface area contributed by atoms with Gasteiger partial charge in [0.25, 0.3) is 5.91 Å². The summed E-state index contributed by atoms with van der Waals surface area (Å²) in [5.74, 6) is 0.589. The maximum absolute atomic E-state index is 12.6. The Hall–Kier alpha value is -3.23. The number of amides is 1. The minimum Gasteiger partial charge on any atom is -0.493 e. The molecule has 3 rings (SSSR count). The highest BCUT2D eigenvalue weighted by molar-refractivity contribution is 7.92. The van der Waals surface area contributed by atoms with Crippen LogP contribution in [0.5, 0.6) is 11.5 Å². The maximum Gasteiger partial charge on any atom is 0.255 e. The van der Waals surface area contributed by atoms with Gasteiger partial charge in [-0.05, 0) is 60.2 Å². The standard InChI is InChI=1S/C22H21ClN2O5S/c1-29-21-13-16(5-12-20(21)30-14-15-3-6-17(23)7-4-15)22(26)24-18-8-10-19(11-9-18)25-31(2,27)28/h3-13,25H,14H2,1-2H3,(H,24,26). The number of halogens is 1. The van der Waals surface area contributed by atoms with Gasteiger partial charge in [-0.25, -0.2) is 8.42 Å². The number of sulfonamides is 1. The predicted molar refractivity (Wildman–Crippen MR) is 122 cm³/mol. The molecule has 2 N–H and O–H groups in total. The fourth-order valence-electron chi connectivity index (χ4n) is 2.71. The summed E-state index contributed by atoms with van der Waals surface area (Å²) in [6, 6.07) is 18.5. The predicted octanol–water partition coefficient (Wildman–Crippen LogP) is 4.55. The van der Waals surface area contributed by atoms with Gasteiger partial charge >= 0.3 is 0 Å². The number of methoxy groups -OCH3 is 1. The number of nitrogens with one attached hydrogen (secondary N) is 2. The number of carbonyl (C=O) groups is 1. The van der Waals surface area contributed by atoms with Crippen molar-refractivity contribution in [2.24, 2.45) is 0 Å². The van der Waals surface area contributed by atoms with Gasteiger partial charge in [0.2, 0.25) is 10.0 Å². The minimum absolute atomic E-state index is 0.326. The van der Waals surface area contributed by atoms with Gasteiger partial charge in [-0.1, -0.05) is 23.7 Å². The van der Waals surface area contributed by atoms with Crippen LogP contribution in [0.25, 0.3) is 0 Å². The van der Waals surface area contributed by atoms with Gasteiger partial charge in [-0.2, -0.15) is 0 Å². The first-order chi connectivity index (χ1) is 14.7. The second kappa shape index (κ2) is 9.72. The molecule has 7 nitrogen and oxygen atoms in total. The molecular formula is C22H21ClN2O5S. The third kappa shape index (κ3) is 6.63. The number of ether oxygens (including phenoxy) is 2. The van der Waals surface area contributed by atoms with Gasteiger partial charge in [-0.15, -0.1) is 0 Å². The number of benzene rings is 3. The van der Waals surface area contributed by atoms with E-state index in [1.54, 1.807) is 54.6 Å². The molecule has 0 aliphatic rings. The summed E-state index contributed by atoms with van der Waals surface area (Å²) in [6.07, 6.45) is 1.07. The van der Waals surface area contributed by atoms with Crippen LogP contribution < -0.4 is 19.5 Å². The summed E-state index contributed by atoms with van der Waals surface area (Å²) in [5, 5.41) is 3.41. The molecule has 9 heteroatoms. The van der Waals surface area contributed by atoms with E-state index < -0.39 is 10.0 Å². The van der Waals surface area contributed by atoms with Gasteiger partial charge in [0.05, 0.1) is 13.4 Å². The zero-order valence-corrected chi connectivity index (χ0v) is 18.5. The number of hydrogen-bond donors (Lipinski definition) is 2. The smallest absolute Gasteiger partial charge is 0.255 e. The van der Waals surface area contributed by atoms with Crippen LogP contribution in [0.3, 0.4) is 0 Å². The fraction of sp³-hybridized carbons (Fsp3) is 0.136. The third-order valence-corrected chi connectivity index (χ3v) is 5.04. The lowest BCUT2D eigenvalue weighted by atomic mass is 10.1. The topological polar surface area (TPSA) is 93.7 Å². The largest absolute Gasteiger partial charge is 0.493 e. The van der Waals surface area contributed by atoms with E-state index in [1.165, 1.54) is 7.11 Å². The summed E-state index contributed by atoms with van der Waals surface area (Å²) in [4.78, 5) is 12.6. The zero-order valence-electron chi connectivity index (χ0n) is 16.9. The van der Waals surface area contributed by atoms with E-state index in [0.717, 1.165) is 11.8 Å². The number of carbonyl (C=O) groups excluding carboxylic acids is 1. The average molecular weight is 461 g/mol. The molecule has 3 aromatic carbocycles. The second-order valence-electron chi connectivity index (χ2n) is 6.69. The van der Waals surface area contributed by atoms with Crippen molar-refractivity contribution >= 4 is 38.9 Å². The molecule has 0 radical (unpaired) electrons. The molecule has 0 saturated heterocycles. The molecule has 0 fully saturated rings. The molecule has 31 heavy (non-hydrogen) atoms. The normalized spacial score (nSPS) is 10.9. The van der Waals surface area contributed by atoms with Crippen molar-refractivity contribution in [2.75, 3.05) is 23.4 Å². The summed E-state index contributed by atoms with van der Waals surface area (Å²) < 4.78 is 36.1. The van der Waals surface area contributed by atoms with Crippen molar-refractivity contribution in [3.05, 3.63) is 82.9 Å². The van der Waals surface area contributed by atoms with E-state index in [0.29, 0.717) is 40.1 Å². The van der Waals surface area contributed by atoms with Crippen LogP contribution in [0.1, 0.15) is 15.9 Å². The van der Waals surface area contributed by atoms with Crippen LogP contribution in [0.4, 0.5) is 11.4 Å². The lowest BCUT2D eigenvalue weighted by Crippen LogP contribution is -2.13. The Morgan fingerprint density at radius 1 is 0.935 bits per heavy atom. The van der Waals surface area contributed by atoms with Crippen molar-refractivity contribution < 1.29 is 22.7 Å². The molecule has 0 heterocycles. The first-order valence-electron chi connectivity index (χ1n) is 9.18. The molecule has 0 spiro atoms. The Balaban J connectivity index is 1.66. The van der Waals surface area contributed by atoms with Crippen molar-refractivity contribution in [1.82, 2.24) is 0 Å². The quantitative estimate of drug-likeness (QED) is 0.514. The van der Waals surface area contributed by atoms with E-state index in [-0.39, 0.29) is 5.91 Å². The molecule has 0 aliphatic carbocycles. The summed E-state index contributed by atoms with van der Waals surface area (Å²) in [5.41, 5.74) is 2.26. The van der Waals surface area contributed by atoms with E-state index in [1.807, 2.05) is 12.1 Å². The highest BCUT2D eigenvalue weighted by Gasteiger charge is 2.12. The highest BCUT2D eigenvalue weighted by Crippen LogP contribution is 2.29. The molecule has 0 unspecified atom stereocenters. The Kier molecular flexibility index (Phi) is 7.04. The van der Waals surface area contributed by atoms with Crippen LogP contribution in [0, 0.1) is 0 Å². The lowest BCUT2D eigenvalue weighted by molar-refractivity contribution is 0.102. The molecule has 3 aromatic rings. The number of anilines is 2. The maximum atomic E-state index is 12.6. The Bertz CT molecular complexity index is 1160. The second-order valence-corrected chi connectivity index (χ2v) is 8.87. The van der Waals surface area contributed by atoms with Crippen LogP contribution >= 0.6 is 11.6 Å². The Morgan fingerprint density at radius 3 is 2.19 bits per heavy atom. The Labute approximate surface area is 186 Å². The van der Waals surface area contributed by atoms with Crippen molar-refractivity contribution in [3.63, 3.8) is 0 Å². The number of rotatable bonds is 8. The third-order valence-electron chi connectivity index (χ3n) is 4.18. The first kappa shape index (κ1) is 22.5. The van der Waals surface area contributed by atoms with E-state index in [4.69, 9.17) is 21.1 Å². The molecule has 0 aromatic heterocycles. The van der Waals surface area contributed by atoms with E-state index >= 15 is 0 Å². The van der Waals surface area contributed by atoms with Gasteiger partial charge in [-0.3, -0.25) is 9.52 Å². The minimum atomic E-state index is -3.36. The molecule has 1 amide bonds. The first-order valence-corrected chi connectivity index (χ1v) is 11.4. The molecular weight excluding hydrogens is 440 g/mol. The average Bonchev–Trinajstić information content (AvgIpc) is 2.73. The fourth-order valence-corrected chi connectivity index (χ4v) is 3.40. The summed E-state index contributed by atoms with van der Waals surface area (Å²) >= 11 is 5.89. The van der Waals surface area contributed by atoms with Crippen molar-refractivity contribution in [2.45, 2.75) is 6.61 Å². The van der Waals surface area contributed by atoms with Gasteiger partial charge < -0.3 is 14.8 Å². The van der Waals surface area contributed by atoms with Crippen LogP contribution in [-0.2, 0) is 16.6 Å². The molecule has 0 bridgehead atoms.